The van der Waals surface area contributed by atoms with Crippen molar-refractivity contribution in [3.63, 3.8) is 0 Å². The Balaban J connectivity index is 2.04. The zero-order valence-corrected chi connectivity index (χ0v) is 9.38. The van der Waals surface area contributed by atoms with Gasteiger partial charge in [0.1, 0.15) is 5.82 Å². The van der Waals surface area contributed by atoms with Crippen molar-refractivity contribution >= 4 is 12.2 Å². The summed E-state index contributed by atoms with van der Waals surface area (Å²) in [5, 5.41) is 0. The summed E-state index contributed by atoms with van der Waals surface area (Å²) in [5.74, 6) is -0.197. The number of halogens is 1. The van der Waals surface area contributed by atoms with Gasteiger partial charge in [-0.15, -0.1) is 0 Å². The molecule has 0 atom stereocenters. The Labute approximate surface area is 101 Å². The van der Waals surface area contributed by atoms with Gasteiger partial charge in [-0.1, -0.05) is 72.8 Å². The standard InChI is InChI=1S/C16H13F/c17-16-13-7-6-12-15(16)11-5-4-10-14-8-2-1-3-9-14/h1-13H/b10-4+,11-5+. The van der Waals surface area contributed by atoms with Crippen LogP contribution in [0.15, 0.2) is 66.7 Å². The molecule has 0 N–H and O–H groups in total. The molecule has 0 nitrogen and oxygen atoms in total. The highest BCUT2D eigenvalue weighted by Gasteiger charge is 1.93. The summed E-state index contributed by atoms with van der Waals surface area (Å²) >= 11 is 0. The fraction of sp³-hybridized carbons (Fsp3) is 0. The third-order valence-electron chi connectivity index (χ3n) is 2.38. The van der Waals surface area contributed by atoms with Crippen molar-refractivity contribution < 1.29 is 4.39 Å². The van der Waals surface area contributed by atoms with E-state index in [0.717, 1.165) is 5.56 Å². The molecule has 0 saturated carbocycles. The number of benzene rings is 2. The van der Waals surface area contributed by atoms with Crippen molar-refractivity contribution in [3.05, 3.63) is 83.7 Å². The molecule has 1 heteroatoms. The van der Waals surface area contributed by atoms with Gasteiger partial charge in [0.25, 0.3) is 0 Å². The molecule has 0 aliphatic rings. The van der Waals surface area contributed by atoms with E-state index in [1.165, 1.54) is 6.07 Å². The maximum absolute atomic E-state index is 13.3. The molecule has 0 unspecified atom stereocenters. The molecular formula is C16H13F. The van der Waals surface area contributed by atoms with Gasteiger partial charge in [-0.25, -0.2) is 4.39 Å². The molecule has 17 heavy (non-hydrogen) atoms. The Morgan fingerprint density at radius 1 is 0.706 bits per heavy atom. The van der Waals surface area contributed by atoms with Gasteiger partial charge in [-0.2, -0.15) is 0 Å². The Morgan fingerprint density at radius 2 is 1.35 bits per heavy atom. The predicted molar refractivity (Wildman–Crippen MR) is 70.9 cm³/mol. The minimum Gasteiger partial charge on any atom is -0.206 e. The van der Waals surface area contributed by atoms with Crippen LogP contribution in [-0.4, -0.2) is 0 Å². The number of allylic oxidation sites excluding steroid dienone is 2. The summed E-state index contributed by atoms with van der Waals surface area (Å²) in [6.07, 6.45) is 7.49. The number of hydrogen-bond donors (Lipinski definition) is 0. The summed E-state index contributed by atoms with van der Waals surface area (Å²) in [7, 11) is 0. The average Bonchev–Trinajstić information content (AvgIpc) is 2.38. The van der Waals surface area contributed by atoms with Gasteiger partial charge >= 0.3 is 0 Å². The van der Waals surface area contributed by atoms with E-state index in [-0.39, 0.29) is 5.82 Å². The van der Waals surface area contributed by atoms with E-state index in [4.69, 9.17) is 0 Å². The molecule has 0 saturated heterocycles. The van der Waals surface area contributed by atoms with Gasteiger partial charge < -0.3 is 0 Å². The second-order valence-electron chi connectivity index (χ2n) is 3.65. The lowest BCUT2D eigenvalue weighted by molar-refractivity contribution is 0.625. The van der Waals surface area contributed by atoms with Crippen molar-refractivity contribution in [2.45, 2.75) is 0 Å². The molecule has 0 aliphatic heterocycles. The molecule has 2 rings (SSSR count). The van der Waals surface area contributed by atoms with Crippen molar-refractivity contribution in [1.82, 2.24) is 0 Å². The Kier molecular flexibility index (Phi) is 3.87. The van der Waals surface area contributed by atoms with Crippen LogP contribution in [0, 0.1) is 5.82 Å². The van der Waals surface area contributed by atoms with Crippen molar-refractivity contribution in [1.29, 1.82) is 0 Å². The quantitative estimate of drug-likeness (QED) is 0.671. The summed E-state index contributed by atoms with van der Waals surface area (Å²) in [6.45, 7) is 0. The lowest BCUT2D eigenvalue weighted by Crippen LogP contribution is -1.78. The third-order valence-corrected chi connectivity index (χ3v) is 2.38. The topological polar surface area (TPSA) is 0 Å². The first-order chi connectivity index (χ1) is 8.36. The first kappa shape index (κ1) is 11.3. The van der Waals surface area contributed by atoms with Crippen LogP contribution in [-0.2, 0) is 0 Å². The normalized spacial score (nSPS) is 11.4. The molecule has 0 radical (unpaired) electrons. The van der Waals surface area contributed by atoms with Crippen LogP contribution >= 0.6 is 0 Å². The first-order valence-electron chi connectivity index (χ1n) is 5.50. The van der Waals surface area contributed by atoms with Crippen LogP contribution in [0.4, 0.5) is 4.39 Å². The van der Waals surface area contributed by atoms with E-state index in [0.29, 0.717) is 5.56 Å². The van der Waals surface area contributed by atoms with Gasteiger partial charge in [0, 0.05) is 5.56 Å². The van der Waals surface area contributed by atoms with Gasteiger partial charge in [-0.3, -0.25) is 0 Å². The summed E-state index contributed by atoms with van der Waals surface area (Å²) in [6, 6.07) is 16.7. The molecular weight excluding hydrogens is 211 g/mol. The smallest absolute Gasteiger partial charge is 0.130 e. The minimum atomic E-state index is -0.197. The Hall–Kier alpha value is -2.15. The minimum absolute atomic E-state index is 0.197. The Bertz CT molecular complexity index is 524. The van der Waals surface area contributed by atoms with Gasteiger partial charge in [0.15, 0.2) is 0 Å². The molecule has 0 bridgehead atoms. The molecule has 0 heterocycles. The molecule has 0 aromatic heterocycles. The van der Waals surface area contributed by atoms with Crippen LogP contribution in [0.25, 0.3) is 12.2 Å². The molecule has 2 aromatic rings. The van der Waals surface area contributed by atoms with Crippen LogP contribution in [0.1, 0.15) is 11.1 Å². The second-order valence-corrected chi connectivity index (χ2v) is 3.65. The molecule has 0 fully saturated rings. The molecule has 84 valence electrons. The van der Waals surface area contributed by atoms with E-state index in [1.54, 1.807) is 18.2 Å². The van der Waals surface area contributed by atoms with Crippen LogP contribution in [0.3, 0.4) is 0 Å². The summed E-state index contributed by atoms with van der Waals surface area (Å²) in [4.78, 5) is 0. The van der Waals surface area contributed by atoms with E-state index in [1.807, 2.05) is 54.6 Å². The van der Waals surface area contributed by atoms with Gasteiger partial charge in [-0.05, 0) is 11.6 Å². The summed E-state index contributed by atoms with van der Waals surface area (Å²) in [5.41, 5.74) is 1.73. The number of rotatable bonds is 3. The maximum Gasteiger partial charge on any atom is 0.130 e. The zero-order valence-electron chi connectivity index (χ0n) is 9.38. The third kappa shape index (κ3) is 3.42. The molecule has 0 spiro atoms. The van der Waals surface area contributed by atoms with Crippen LogP contribution < -0.4 is 0 Å². The largest absolute Gasteiger partial charge is 0.206 e. The van der Waals surface area contributed by atoms with E-state index in [9.17, 15) is 4.39 Å². The highest BCUT2D eigenvalue weighted by atomic mass is 19.1. The van der Waals surface area contributed by atoms with E-state index < -0.39 is 0 Å². The van der Waals surface area contributed by atoms with E-state index in [2.05, 4.69) is 0 Å². The SMILES string of the molecule is Fc1ccccc1/C=C/C=C/c1ccccc1. The monoisotopic (exact) mass is 224 g/mol. The van der Waals surface area contributed by atoms with Gasteiger partial charge in [0.05, 0.1) is 0 Å². The first-order valence-corrected chi connectivity index (χ1v) is 5.50. The zero-order chi connectivity index (χ0) is 11.9. The fourth-order valence-corrected chi connectivity index (χ4v) is 1.50. The van der Waals surface area contributed by atoms with Crippen molar-refractivity contribution in [2.24, 2.45) is 0 Å². The highest BCUT2D eigenvalue weighted by Crippen LogP contribution is 2.08. The second kappa shape index (κ2) is 5.80. The van der Waals surface area contributed by atoms with E-state index >= 15 is 0 Å². The highest BCUT2D eigenvalue weighted by molar-refractivity contribution is 5.57. The molecule has 0 amide bonds. The van der Waals surface area contributed by atoms with Gasteiger partial charge in [0.2, 0.25) is 0 Å². The molecule has 0 aliphatic carbocycles. The van der Waals surface area contributed by atoms with Crippen LogP contribution in [0.2, 0.25) is 0 Å². The number of hydrogen-bond acceptors (Lipinski definition) is 0. The maximum atomic E-state index is 13.3. The summed E-state index contributed by atoms with van der Waals surface area (Å²) < 4.78 is 13.3. The predicted octanol–water partition coefficient (Wildman–Crippen LogP) is 4.55. The van der Waals surface area contributed by atoms with Crippen molar-refractivity contribution in [3.8, 4) is 0 Å². The van der Waals surface area contributed by atoms with Crippen LogP contribution in [0.5, 0.6) is 0 Å². The average molecular weight is 224 g/mol. The molecule has 2 aromatic carbocycles. The lowest BCUT2D eigenvalue weighted by atomic mass is 10.2. The Morgan fingerprint density at radius 3 is 2.12 bits per heavy atom. The lowest BCUT2D eigenvalue weighted by Gasteiger charge is -1.93. The fourth-order valence-electron chi connectivity index (χ4n) is 1.50. The van der Waals surface area contributed by atoms with Crippen molar-refractivity contribution in [2.75, 3.05) is 0 Å².